The molecule has 1 aliphatic rings. The fourth-order valence-electron chi connectivity index (χ4n) is 2.50. The minimum absolute atomic E-state index is 0.0671. The molecule has 0 saturated carbocycles. The second kappa shape index (κ2) is 7.61. The van der Waals surface area contributed by atoms with Crippen LogP contribution in [0.1, 0.15) is 28.4 Å². The van der Waals surface area contributed by atoms with E-state index in [9.17, 15) is 18.0 Å². The van der Waals surface area contributed by atoms with Crippen LogP contribution in [0, 0.1) is 0 Å². The van der Waals surface area contributed by atoms with Crippen LogP contribution in [0.25, 0.3) is 0 Å². The van der Waals surface area contributed by atoms with Gasteiger partial charge in [0.1, 0.15) is 0 Å². The van der Waals surface area contributed by atoms with Gasteiger partial charge in [0.25, 0.3) is 10.0 Å². The first-order valence-corrected chi connectivity index (χ1v) is 10.3. The number of benzene rings is 2. The quantitative estimate of drug-likeness (QED) is 0.762. The number of ketones is 1. The number of nitrogens with one attached hydrogen (secondary N) is 1. The monoisotopic (exact) mass is 391 g/mol. The molecular formula is C18H17NO5S2. The lowest BCUT2D eigenvalue weighted by molar-refractivity contribution is -0.109. The molecule has 0 saturated heterocycles. The number of sulfonamides is 1. The number of Topliss-reactive ketones (excluding diaryl/α,β-unsaturated/α-hetero) is 1. The number of fused-ring (bicyclic) bond motifs is 1. The lowest BCUT2D eigenvalue weighted by Gasteiger charge is -2.10. The molecule has 0 amide bonds. The SMILES string of the molecule is CC(=O)SCC(=O)c1ccc(NS(=O)(=O)c2ccc3c(c2)COC3)cc1. The van der Waals surface area contributed by atoms with Crippen molar-refractivity contribution in [3.8, 4) is 0 Å². The van der Waals surface area contributed by atoms with Gasteiger partial charge in [-0.3, -0.25) is 14.3 Å². The average Bonchev–Trinajstić information content (AvgIpc) is 3.07. The largest absolute Gasteiger partial charge is 0.372 e. The van der Waals surface area contributed by atoms with Crippen molar-refractivity contribution in [2.75, 3.05) is 10.5 Å². The number of thioether (sulfide) groups is 1. The fourth-order valence-corrected chi connectivity index (χ4v) is 4.11. The van der Waals surface area contributed by atoms with Gasteiger partial charge >= 0.3 is 0 Å². The van der Waals surface area contributed by atoms with Crippen LogP contribution in [-0.2, 0) is 32.8 Å². The minimum Gasteiger partial charge on any atom is -0.372 e. The number of rotatable bonds is 6. The molecule has 26 heavy (non-hydrogen) atoms. The van der Waals surface area contributed by atoms with Gasteiger partial charge in [0, 0.05) is 18.2 Å². The van der Waals surface area contributed by atoms with Crippen molar-refractivity contribution in [1.82, 2.24) is 0 Å². The van der Waals surface area contributed by atoms with Gasteiger partial charge in [-0.2, -0.15) is 0 Å². The summed E-state index contributed by atoms with van der Waals surface area (Å²) in [6, 6.07) is 11.0. The van der Waals surface area contributed by atoms with Gasteiger partial charge in [0.2, 0.25) is 0 Å². The van der Waals surface area contributed by atoms with E-state index in [0.29, 0.717) is 24.5 Å². The zero-order valence-electron chi connectivity index (χ0n) is 14.0. The Morgan fingerprint density at radius 3 is 2.46 bits per heavy atom. The van der Waals surface area contributed by atoms with Crippen molar-refractivity contribution in [3.05, 3.63) is 59.2 Å². The summed E-state index contributed by atoms with van der Waals surface area (Å²) >= 11 is 0.945. The standard InChI is InChI=1S/C18H17NO5S2/c1-12(20)25-11-18(21)13-2-5-16(6-3-13)19-26(22,23)17-7-4-14-9-24-10-15(14)8-17/h2-8,19H,9-11H2,1H3. The average molecular weight is 391 g/mol. The molecule has 1 N–H and O–H groups in total. The van der Waals surface area contributed by atoms with Crippen LogP contribution < -0.4 is 4.72 Å². The van der Waals surface area contributed by atoms with Gasteiger partial charge in [0.15, 0.2) is 10.9 Å². The fraction of sp³-hybridized carbons (Fsp3) is 0.222. The summed E-state index contributed by atoms with van der Waals surface area (Å²) in [4.78, 5) is 23.0. The summed E-state index contributed by atoms with van der Waals surface area (Å²) in [6.07, 6.45) is 0. The van der Waals surface area contributed by atoms with Gasteiger partial charge in [-0.25, -0.2) is 8.42 Å². The van der Waals surface area contributed by atoms with Crippen LogP contribution in [0.15, 0.2) is 47.4 Å². The molecule has 2 aromatic rings. The van der Waals surface area contributed by atoms with E-state index in [0.717, 1.165) is 22.9 Å². The topological polar surface area (TPSA) is 89.5 Å². The molecule has 6 nitrogen and oxygen atoms in total. The van der Waals surface area contributed by atoms with Crippen molar-refractivity contribution in [2.45, 2.75) is 25.0 Å². The van der Waals surface area contributed by atoms with Crippen LogP contribution in [0.5, 0.6) is 0 Å². The number of anilines is 1. The zero-order chi connectivity index (χ0) is 18.7. The first kappa shape index (κ1) is 18.6. The molecule has 0 atom stereocenters. The Labute approximate surface area is 156 Å². The summed E-state index contributed by atoms with van der Waals surface area (Å²) < 4.78 is 32.9. The molecule has 0 aliphatic carbocycles. The van der Waals surface area contributed by atoms with Gasteiger partial charge in [-0.05, 0) is 47.5 Å². The summed E-state index contributed by atoms with van der Waals surface area (Å²) in [5.41, 5.74) is 2.65. The number of hydrogen-bond acceptors (Lipinski definition) is 6. The third-order valence-corrected chi connectivity index (χ3v) is 6.06. The molecule has 0 radical (unpaired) electrons. The van der Waals surface area contributed by atoms with Crippen molar-refractivity contribution < 1.29 is 22.7 Å². The number of ether oxygens (including phenoxy) is 1. The minimum atomic E-state index is -3.73. The highest BCUT2D eigenvalue weighted by Crippen LogP contribution is 2.24. The van der Waals surface area contributed by atoms with Crippen LogP contribution in [0.4, 0.5) is 5.69 Å². The molecule has 1 heterocycles. The van der Waals surface area contributed by atoms with Gasteiger partial charge < -0.3 is 4.74 Å². The van der Waals surface area contributed by atoms with Crippen molar-refractivity contribution in [2.24, 2.45) is 0 Å². The summed E-state index contributed by atoms with van der Waals surface area (Å²) in [6.45, 7) is 2.31. The molecular weight excluding hydrogens is 374 g/mol. The lowest BCUT2D eigenvalue weighted by atomic mass is 10.1. The highest BCUT2D eigenvalue weighted by atomic mass is 32.2. The molecule has 2 aromatic carbocycles. The Balaban J connectivity index is 1.72. The van der Waals surface area contributed by atoms with Gasteiger partial charge in [-0.1, -0.05) is 17.8 Å². The van der Waals surface area contributed by atoms with Crippen LogP contribution >= 0.6 is 11.8 Å². The van der Waals surface area contributed by atoms with Crippen LogP contribution in [0.2, 0.25) is 0 Å². The van der Waals surface area contributed by atoms with E-state index in [2.05, 4.69) is 4.72 Å². The van der Waals surface area contributed by atoms with Crippen LogP contribution in [-0.4, -0.2) is 25.1 Å². The van der Waals surface area contributed by atoms with Crippen molar-refractivity contribution >= 4 is 38.4 Å². The predicted octanol–water partition coefficient (Wildman–Crippen LogP) is 2.98. The highest BCUT2D eigenvalue weighted by Gasteiger charge is 2.19. The number of hydrogen-bond donors (Lipinski definition) is 1. The molecule has 1 aliphatic heterocycles. The van der Waals surface area contributed by atoms with E-state index in [1.54, 1.807) is 18.2 Å². The van der Waals surface area contributed by atoms with Gasteiger partial charge in [0.05, 0.1) is 23.9 Å². The Morgan fingerprint density at radius 2 is 1.77 bits per heavy atom. The smallest absolute Gasteiger partial charge is 0.261 e. The second-order valence-corrected chi connectivity index (χ2v) is 8.64. The van der Waals surface area contributed by atoms with E-state index >= 15 is 0 Å². The van der Waals surface area contributed by atoms with E-state index in [4.69, 9.17) is 4.74 Å². The second-order valence-electron chi connectivity index (χ2n) is 5.81. The molecule has 0 aromatic heterocycles. The molecule has 8 heteroatoms. The Morgan fingerprint density at radius 1 is 1.08 bits per heavy atom. The van der Waals surface area contributed by atoms with Crippen molar-refractivity contribution in [1.29, 1.82) is 0 Å². The molecule has 0 bridgehead atoms. The van der Waals surface area contributed by atoms with E-state index in [-0.39, 0.29) is 21.5 Å². The van der Waals surface area contributed by atoms with E-state index < -0.39 is 10.0 Å². The Hall–Kier alpha value is -2.16. The normalized spacial score (nSPS) is 13.3. The Bertz CT molecular complexity index is 952. The molecule has 0 fully saturated rings. The summed E-state index contributed by atoms with van der Waals surface area (Å²) in [7, 11) is -3.73. The first-order valence-electron chi connectivity index (χ1n) is 7.84. The molecule has 0 unspecified atom stereocenters. The predicted molar refractivity (Wildman–Crippen MR) is 99.7 cm³/mol. The molecule has 136 valence electrons. The van der Waals surface area contributed by atoms with Crippen LogP contribution in [0.3, 0.4) is 0 Å². The third kappa shape index (κ3) is 4.32. The lowest BCUT2D eigenvalue weighted by Crippen LogP contribution is -2.13. The summed E-state index contributed by atoms with van der Waals surface area (Å²) in [5.74, 6) is -0.115. The molecule has 3 rings (SSSR count). The maximum atomic E-state index is 12.5. The molecule has 0 spiro atoms. The number of carbonyl (C=O) groups is 2. The third-order valence-electron chi connectivity index (χ3n) is 3.87. The van der Waals surface area contributed by atoms with E-state index in [1.807, 2.05) is 0 Å². The van der Waals surface area contributed by atoms with Crippen molar-refractivity contribution in [3.63, 3.8) is 0 Å². The zero-order valence-corrected chi connectivity index (χ0v) is 15.7. The first-order chi connectivity index (χ1) is 12.3. The Kier molecular flexibility index (Phi) is 5.45. The maximum Gasteiger partial charge on any atom is 0.261 e. The number of carbonyl (C=O) groups excluding carboxylic acids is 2. The van der Waals surface area contributed by atoms with E-state index in [1.165, 1.54) is 31.2 Å². The van der Waals surface area contributed by atoms with Gasteiger partial charge in [-0.15, -0.1) is 0 Å². The summed E-state index contributed by atoms with van der Waals surface area (Å²) in [5, 5.41) is -0.123. The highest BCUT2D eigenvalue weighted by molar-refractivity contribution is 8.14. The maximum absolute atomic E-state index is 12.5.